The molecule has 0 aliphatic carbocycles. The van der Waals surface area contributed by atoms with Crippen LogP contribution in [-0.4, -0.2) is 62.4 Å². The zero-order valence-electron chi connectivity index (χ0n) is 8.08. The third-order valence-electron chi connectivity index (χ3n) is 1.73. The summed E-state index contributed by atoms with van der Waals surface area (Å²) in [5, 5.41) is 27.3. The molecule has 0 heterocycles. The van der Waals surface area contributed by atoms with Crippen LogP contribution in [-0.2, 0) is 13.9 Å². The zero-order chi connectivity index (χ0) is 12.9. The SMILES string of the molecule is N[C@@H](C=O)[C@@H](O)[C@H](O)[C@@H](CO)OP(=O)(O)O. The molecule has 0 unspecified atom stereocenters. The van der Waals surface area contributed by atoms with E-state index in [-0.39, 0.29) is 6.29 Å². The molecule has 0 aromatic carbocycles. The van der Waals surface area contributed by atoms with E-state index in [0.717, 1.165) is 0 Å². The molecule has 9 nitrogen and oxygen atoms in total. The second-order valence-electron chi connectivity index (χ2n) is 3.01. The number of aldehydes is 1. The van der Waals surface area contributed by atoms with Gasteiger partial charge in [-0.2, -0.15) is 0 Å². The predicted octanol–water partition coefficient (Wildman–Crippen LogP) is -3.30. The van der Waals surface area contributed by atoms with Gasteiger partial charge in [-0.25, -0.2) is 4.57 Å². The summed E-state index contributed by atoms with van der Waals surface area (Å²) in [5.74, 6) is 0. The average molecular weight is 259 g/mol. The summed E-state index contributed by atoms with van der Waals surface area (Å²) in [6, 6.07) is -1.45. The van der Waals surface area contributed by atoms with Crippen LogP contribution in [0.5, 0.6) is 0 Å². The van der Waals surface area contributed by atoms with E-state index in [9.17, 15) is 19.6 Å². The Bertz CT molecular complexity index is 267. The predicted molar refractivity (Wildman–Crippen MR) is 50.1 cm³/mol. The van der Waals surface area contributed by atoms with Crippen molar-refractivity contribution in [1.29, 1.82) is 0 Å². The van der Waals surface area contributed by atoms with Crippen molar-refractivity contribution in [2.75, 3.05) is 6.61 Å². The number of hydrogen-bond donors (Lipinski definition) is 6. The Morgan fingerprint density at radius 3 is 2.12 bits per heavy atom. The molecule has 4 atom stereocenters. The number of carbonyl (C=O) groups excluding carboxylic acids is 1. The van der Waals surface area contributed by atoms with Crippen LogP contribution in [0.25, 0.3) is 0 Å². The van der Waals surface area contributed by atoms with Gasteiger partial charge in [0.1, 0.15) is 24.6 Å². The fourth-order valence-electron chi connectivity index (χ4n) is 0.908. The summed E-state index contributed by atoms with van der Waals surface area (Å²) in [6.45, 7) is -0.963. The third-order valence-corrected chi connectivity index (χ3v) is 2.28. The average Bonchev–Trinajstić information content (AvgIpc) is 2.21. The molecule has 7 N–H and O–H groups in total. The number of carbonyl (C=O) groups is 1. The van der Waals surface area contributed by atoms with Crippen molar-refractivity contribution >= 4 is 14.1 Å². The topological polar surface area (TPSA) is 171 Å². The number of rotatable bonds is 7. The minimum atomic E-state index is -4.93. The molecule has 0 amide bonds. The highest BCUT2D eigenvalue weighted by molar-refractivity contribution is 7.46. The van der Waals surface area contributed by atoms with Crippen LogP contribution in [0.4, 0.5) is 0 Å². The minimum Gasteiger partial charge on any atom is -0.394 e. The molecule has 0 aromatic rings. The fourth-order valence-corrected chi connectivity index (χ4v) is 1.45. The van der Waals surface area contributed by atoms with Crippen LogP contribution in [0.1, 0.15) is 0 Å². The largest absolute Gasteiger partial charge is 0.470 e. The number of nitrogens with two attached hydrogens (primary N) is 1. The molecule has 0 aliphatic rings. The summed E-state index contributed by atoms with van der Waals surface area (Å²) < 4.78 is 14.4. The lowest BCUT2D eigenvalue weighted by molar-refractivity contribution is -0.117. The standard InChI is InChI=1S/C6H14NO8P/c7-3(1-8)5(10)6(11)4(2-9)15-16(12,13)14/h1,3-6,9-11H,2,7H2,(H2,12,13,14)/t3-,4+,5+,6+/m0/s1. The normalized spacial score (nSPS) is 19.9. The van der Waals surface area contributed by atoms with Gasteiger partial charge in [0.15, 0.2) is 0 Å². The summed E-state index contributed by atoms with van der Waals surface area (Å²) in [6.07, 6.45) is -5.32. The Labute approximate surface area is 90.7 Å². The molecule has 0 bridgehead atoms. The van der Waals surface area contributed by atoms with E-state index in [1.807, 2.05) is 0 Å². The maximum absolute atomic E-state index is 10.4. The first-order chi connectivity index (χ1) is 7.22. The molecule has 0 radical (unpaired) electrons. The van der Waals surface area contributed by atoms with E-state index in [2.05, 4.69) is 4.52 Å². The molecule has 0 spiro atoms. The number of hydrogen-bond acceptors (Lipinski definition) is 7. The van der Waals surface area contributed by atoms with Crippen LogP contribution < -0.4 is 5.73 Å². The van der Waals surface area contributed by atoms with Gasteiger partial charge in [-0.15, -0.1) is 0 Å². The van der Waals surface area contributed by atoms with Crippen molar-refractivity contribution in [3.63, 3.8) is 0 Å². The van der Waals surface area contributed by atoms with E-state index >= 15 is 0 Å². The molecule has 0 fully saturated rings. The summed E-state index contributed by atoms with van der Waals surface area (Å²) >= 11 is 0. The Hall–Kier alpha value is -0.380. The number of phosphoric acid groups is 1. The van der Waals surface area contributed by atoms with E-state index in [1.54, 1.807) is 0 Å². The van der Waals surface area contributed by atoms with Crippen molar-refractivity contribution in [3.05, 3.63) is 0 Å². The summed E-state index contributed by atoms with van der Waals surface area (Å²) in [5.41, 5.74) is 5.06. The van der Waals surface area contributed by atoms with E-state index in [4.69, 9.17) is 20.6 Å². The number of aliphatic hydroxyl groups is 3. The van der Waals surface area contributed by atoms with Crippen molar-refractivity contribution < 1.29 is 39.0 Å². The van der Waals surface area contributed by atoms with Gasteiger partial charge >= 0.3 is 7.82 Å². The zero-order valence-corrected chi connectivity index (χ0v) is 8.97. The van der Waals surface area contributed by atoms with Gasteiger partial charge in [0.05, 0.1) is 12.6 Å². The lowest BCUT2D eigenvalue weighted by atomic mass is 10.0. The van der Waals surface area contributed by atoms with Crippen molar-refractivity contribution in [2.24, 2.45) is 5.73 Å². The molecule has 16 heavy (non-hydrogen) atoms. The van der Waals surface area contributed by atoms with Gasteiger partial charge in [0, 0.05) is 0 Å². The van der Waals surface area contributed by atoms with E-state index < -0.39 is 38.8 Å². The van der Waals surface area contributed by atoms with Crippen LogP contribution in [0.15, 0.2) is 0 Å². The Morgan fingerprint density at radius 1 is 1.31 bits per heavy atom. The van der Waals surface area contributed by atoms with Crippen LogP contribution in [0.3, 0.4) is 0 Å². The van der Waals surface area contributed by atoms with Gasteiger partial charge in [0.2, 0.25) is 0 Å². The number of aliphatic hydroxyl groups excluding tert-OH is 3. The Kier molecular flexibility index (Phi) is 6.23. The van der Waals surface area contributed by atoms with Gasteiger partial charge in [-0.3, -0.25) is 4.52 Å². The lowest BCUT2D eigenvalue weighted by Gasteiger charge is -2.26. The minimum absolute atomic E-state index is 0.139. The summed E-state index contributed by atoms with van der Waals surface area (Å²) in [4.78, 5) is 27.1. The molecular weight excluding hydrogens is 245 g/mol. The highest BCUT2D eigenvalue weighted by atomic mass is 31.2. The first-order valence-electron chi connectivity index (χ1n) is 4.14. The third kappa shape index (κ3) is 5.10. The summed E-state index contributed by atoms with van der Waals surface area (Å²) in [7, 11) is -4.93. The number of phosphoric ester groups is 1. The molecule has 0 rings (SSSR count). The molecule has 96 valence electrons. The van der Waals surface area contributed by atoms with E-state index in [1.165, 1.54) is 0 Å². The van der Waals surface area contributed by atoms with Gasteiger partial charge in [-0.1, -0.05) is 0 Å². The van der Waals surface area contributed by atoms with Crippen LogP contribution in [0, 0.1) is 0 Å². The first kappa shape index (κ1) is 15.6. The van der Waals surface area contributed by atoms with Crippen molar-refractivity contribution in [2.45, 2.75) is 24.4 Å². The van der Waals surface area contributed by atoms with Crippen molar-refractivity contribution in [3.8, 4) is 0 Å². The highest BCUT2D eigenvalue weighted by Gasteiger charge is 2.34. The monoisotopic (exact) mass is 259 g/mol. The molecule has 0 aromatic heterocycles. The maximum Gasteiger partial charge on any atom is 0.470 e. The molecule has 10 heteroatoms. The highest BCUT2D eigenvalue weighted by Crippen LogP contribution is 2.38. The Balaban J connectivity index is 4.58. The molecular formula is C6H14NO8P. The van der Waals surface area contributed by atoms with Crippen molar-refractivity contribution in [1.82, 2.24) is 0 Å². The first-order valence-corrected chi connectivity index (χ1v) is 5.67. The van der Waals surface area contributed by atoms with Gasteiger partial charge < -0.3 is 35.6 Å². The van der Waals surface area contributed by atoms with Crippen LogP contribution >= 0.6 is 7.82 Å². The molecule has 0 aliphatic heterocycles. The second kappa shape index (κ2) is 6.38. The lowest BCUT2D eigenvalue weighted by Crippen LogP contribution is -2.50. The Morgan fingerprint density at radius 2 is 1.81 bits per heavy atom. The van der Waals surface area contributed by atoms with E-state index in [0.29, 0.717) is 0 Å². The molecule has 0 saturated carbocycles. The maximum atomic E-state index is 10.4. The van der Waals surface area contributed by atoms with Gasteiger partial charge in [-0.05, 0) is 0 Å². The fraction of sp³-hybridized carbons (Fsp3) is 0.833. The quantitative estimate of drug-likeness (QED) is 0.202. The second-order valence-corrected chi connectivity index (χ2v) is 4.20. The van der Waals surface area contributed by atoms with Crippen LogP contribution in [0.2, 0.25) is 0 Å². The smallest absolute Gasteiger partial charge is 0.394 e. The van der Waals surface area contributed by atoms with Gasteiger partial charge in [0.25, 0.3) is 0 Å². The molecule has 0 saturated heterocycles.